The Labute approximate surface area is 138 Å². The van der Waals surface area contributed by atoms with Gasteiger partial charge in [-0.25, -0.2) is 0 Å². The lowest BCUT2D eigenvalue weighted by Crippen LogP contribution is -2.40. The molecule has 2 N–H and O–H groups in total. The molecule has 1 aliphatic carbocycles. The van der Waals surface area contributed by atoms with E-state index < -0.39 is 0 Å². The highest BCUT2D eigenvalue weighted by Gasteiger charge is 2.33. The first-order valence-corrected chi connectivity index (χ1v) is 8.62. The molecule has 1 aromatic rings. The summed E-state index contributed by atoms with van der Waals surface area (Å²) < 4.78 is 5.22. The summed E-state index contributed by atoms with van der Waals surface area (Å²) in [5.74, 6) is 1.57. The van der Waals surface area contributed by atoms with Gasteiger partial charge in [0.15, 0.2) is 0 Å². The van der Waals surface area contributed by atoms with Crippen LogP contribution in [0.3, 0.4) is 0 Å². The van der Waals surface area contributed by atoms with E-state index in [1.165, 1.54) is 18.4 Å². The van der Waals surface area contributed by atoms with Gasteiger partial charge in [0.2, 0.25) is 5.91 Å². The standard InChI is InChI=1S/C18H27N3O2/c1-23-16-7-5-15(6-8-16)18(14-3-4-14)20-17(22)13-21-11-2-9-19-10-12-21/h5-8,14,18-19H,2-4,9-13H2,1H3,(H,20,22). The summed E-state index contributed by atoms with van der Waals surface area (Å²) in [6.45, 7) is 4.47. The lowest BCUT2D eigenvalue weighted by Gasteiger charge is -2.23. The van der Waals surface area contributed by atoms with Crippen LogP contribution in [0.25, 0.3) is 0 Å². The van der Waals surface area contributed by atoms with E-state index in [4.69, 9.17) is 4.74 Å². The third-order valence-electron chi connectivity index (χ3n) is 4.68. The zero-order valence-electron chi connectivity index (χ0n) is 13.9. The fourth-order valence-electron chi connectivity index (χ4n) is 3.20. The average molecular weight is 317 g/mol. The van der Waals surface area contributed by atoms with Gasteiger partial charge in [-0.3, -0.25) is 9.69 Å². The summed E-state index contributed by atoms with van der Waals surface area (Å²) in [6, 6.07) is 8.21. The Morgan fingerprint density at radius 1 is 1.30 bits per heavy atom. The van der Waals surface area contributed by atoms with Crippen molar-refractivity contribution in [3.05, 3.63) is 29.8 Å². The second kappa shape index (κ2) is 7.79. The van der Waals surface area contributed by atoms with Crippen LogP contribution in [0.15, 0.2) is 24.3 Å². The lowest BCUT2D eigenvalue weighted by molar-refractivity contribution is -0.123. The van der Waals surface area contributed by atoms with Crippen LogP contribution < -0.4 is 15.4 Å². The number of hydrogen-bond acceptors (Lipinski definition) is 4. The number of methoxy groups -OCH3 is 1. The fraction of sp³-hybridized carbons (Fsp3) is 0.611. The summed E-state index contributed by atoms with van der Waals surface area (Å²) in [6.07, 6.45) is 3.51. The number of rotatable bonds is 6. The number of nitrogens with one attached hydrogen (secondary N) is 2. The van der Waals surface area contributed by atoms with Crippen LogP contribution in [0.5, 0.6) is 5.75 Å². The van der Waals surface area contributed by atoms with Gasteiger partial charge >= 0.3 is 0 Å². The Balaban J connectivity index is 1.58. The largest absolute Gasteiger partial charge is 0.497 e. The third-order valence-corrected chi connectivity index (χ3v) is 4.68. The van der Waals surface area contributed by atoms with E-state index in [-0.39, 0.29) is 11.9 Å². The molecule has 1 aromatic carbocycles. The van der Waals surface area contributed by atoms with Crippen molar-refractivity contribution in [2.24, 2.45) is 5.92 Å². The fourth-order valence-corrected chi connectivity index (χ4v) is 3.20. The predicted molar refractivity (Wildman–Crippen MR) is 90.5 cm³/mol. The molecule has 1 saturated carbocycles. The van der Waals surface area contributed by atoms with Crippen LogP contribution in [0.1, 0.15) is 30.9 Å². The van der Waals surface area contributed by atoms with Crippen LogP contribution in [-0.2, 0) is 4.79 Å². The van der Waals surface area contributed by atoms with Crippen molar-refractivity contribution in [3.8, 4) is 5.75 Å². The molecule has 0 aromatic heterocycles. The Bertz CT molecular complexity index is 506. The highest BCUT2D eigenvalue weighted by atomic mass is 16.5. The zero-order valence-corrected chi connectivity index (χ0v) is 13.9. The molecular formula is C18H27N3O2. The molecule has 1 unspecified atom stereocenters. The number of ether oxygens (including phenoxy) is 1. The second-order valence-corrected chi connectivity index (χ2v) is 6.54. The molecule has 1 aliphatic heterocycles. The number of carbonyl (C=O) groups excluding carboxylic acids is 1. The van der Waals surface area contributed by atoms with Crippen LogP contribution >= 0.6 is 0 Å². The minimum Gasteiger partial charge on any atom is -0.497 e. The maximum atomic E-state index is 12.5. The SMILES string of the molecule is COc1ccc(C(NC(=O)CN2CCCNCC2)C2CC2)cc1. The predicted octanol–water partition coefficient (Wildman–Crippen LogP) is 1.56. The van der Waals surface area contributed by atoms with Crippen molar-refractivity contribution in [1.29, 1.82) is 0 Å². The van der Waals surface area contributed by atoms with Crippen LogP contribution in [0.2, 0.25) is 0 Å². The Hall–Kier alpha value is -1.59. The third kappa shape index (κ3) is 4.69. The molecule has 3 rings (SSSR count). The molecule has 5 nitrogen and oxygen atoms in total. The molecule has 2 fully saturated rings. The summed E-state index contributed by atoms with van der Waals surface area (Å²) in [7, 11) is 1.67. The van der Waals surface area contributed by atoms with Crippen molar-refractivity contribution >= 4 is 5.91 Å². The van der Waals surface area contributed by atoms with Gasteiger partial charge in [0.05, 0.1) is 19.7 Å². The number of amides is 1. The highest BCUT2D eigenvalue weighted by molar-refractivity contribution is 5.78. The summed E-state index contributed by atoms with van der Waals surface area (Å²) >= 11 is 0. The van der Waals surface area contributed by atoms with Gasteiger partial charge in [-0.15, -0.1) is 0 Å². The van der Waals surface area contributed by atoms with E-state index in [2.05, 4.69) is 27.7 Å². The van der Waals surface area contributed by atoms with Gasteiger partial charge in [-0.2, -0.15) is 0 Å². The van der Waals surface area contributed by atoms with E-state index in [9.17, 15) is 4.79 Å². The summed E-state index contributed by atoms with van der Waals surface area (Å²) in [4.78, 5) is 14.7. The van der Waals surface area contributed by atoms with E-state index in [1.807, 2.05) is 12.1 Å². The molecule has 0 spiro atoms. The van der Waals surface area contributed by atoms with Gasteiger partial charge in [-0.1, -0.05) is 12.1 Å². The highest BCUT2D eigenvalue weighted by Crippen LogP contribution is 2.41. The van der Waals surface area contributed by atoms with E-state index in [0.29, 0.717) is 12.5 Å². The Morgan fingerprint density at radius 2 is 2.09 bits per heavy atom. The number of hydrogen-bond donors (Lipinski definition) is 2. The van der Waals surface area contributed by atoms with Gasteiger partial charge in [-0.05, 0) is 56.0 Å². The van der Waals surface area contributed by atoms with Crippen molar-refractivity contribution in [3.63, 3.8) is 0 Å². The van der Waals surface area contributed by atoms with E-state index >= 15 is 0 Å². The molecule has 126 valence electrons. The van der Waals surface area contributed by atoms with Crippen LogP contribution in [0.4, 0.5) is 0 Å². The van der Waals surface area contributed by atoms with Gasteiger partial charge in [0.25, 0.3) is 0 Å². The average Bonchev–Trinajstić information content (AvgIpc) is 3.41. The number of carbonyl (C=O) groups is 1. The molecule has 2 aliphatic rings. The van der Waals surface area contributed by atoms with Gasteiger partial charge in [0, 0.05) is 13.1 Å². The first-order chi connectivity index (χ1) is 11.3. The second-order valence-electron chi connectivity index (χ2n) is 6.54. The molecule has 1 heterocycles. The summed E-state index contributed by atoms with van der Waals surface area (Å²) in [5.41, 5.74) is 1.18. The molecule has 5 heteroatoms. The molecule has 23 heavy (non-hydrogen) atoms. The van der Waals surface area contributed by atoms with Gasteiger partial charge in [0.1, 0.15) is 5.75 Å². The monoisotopic (exact) mass is 317 g/mol. The van der Waals surface area contributed by atoms with E-state index in [0.717, 1.165) is 38.3 Å². The first kappa shape index (κ1) is 16.3. The van der Waals surface area contributed by atoms with Gasteiger partial charge < -0.3 is 15.4 Å². The lowest BCUT2D eigenvalue weighted by atomic mass is 10.0. The van der Waals surface area contributed by atoms with Crippen molar-refractivity contribution in [2.75, 3.05) is 39.8 Å². The maximum Gasteiger partial charge on any atom is 0.234 e. The molecular weight excluding hydrogens is 290 g/mol. The van der Waals surface area contributed by atoms with Crippen molar-refractivity contribution in [1.82, 2.24) is 15.5 Å². The maximum absolute atomic E-state index is 12.5. The Kier molecular flexibility index (Phi) is 5.51. The number of benzene rings is 1. The topological polar surface area (TPSA) is 53.6 Å². The molecule has 0 bridgehead atoms. The van der Waals surface area contributed by atoms with E-state index in [1.54, 1.807) is 7.11 Å². The molecule has 1 atom stereocenters. The molecule has 1 saturated heterocycles. The van der Waals surface area contributed by atoms with Crippen molar-refractivity contribution < 1.29 is 9.53 Å². The quantitative estimate of drug-likeness (QED) is 0.836. The minimum absolute atomic E-state index is 0.138. The smallest absolute Gasteiger partial charge is 0.234 e. The normalized spacial score (nSPS) is 20.6. The zero-order chi connectivity index (χ0) is 16.1. The molecule has 1 amide bonds. The number of nitrogens with zero attached hydrogens (tertiary/aromatic N) is 1. The minimum atomic E-state index is 0.138. The van der Waals surface area contributed by atoms with Crippen LogP contribution in [0, 0.1) is 5.92 Å². The van der Waals surface area contributed by atoms with Crippen LogP contribution in [-0.4, -0.2) is 50.6 Å². The summed E-state index contributed by atoms with van der Waals surface area (Å²) in [5, 5.41) is 6.63. The molecule has 0 radical (unpaired) electrons. The Morgan fingerprint density at radius 3 is 2.78 bits per heavy atom. The first-order valence-electron chi connectivity index (χ1n) is 8.62. The van der Waals surface area contributed by atoms with Crippen molar-refractivity contribution in [2.45, 2.75) is 25.3 Å².